The lowest BCUT2D eigenvalue weighted by Gasteiger charge is -2.32. The van der Waals surface area contributed by atoms with E-state index in [1.54, 1.807) is 12.4 Å². The van der Waals surface area contributed by atoms with Gasteiger partial charge in [-0.05, 0) is 25.1 Å². The van der Waals surface area contributed by atoms with Crippen LogP contribution in [0.25, 0.3) is 0 Å². The number of carbonyl (C=O) groups is 1. The highest BCUT2D eigenvalue weighted by atomic mass is 16.2. The lowest BCUT2D eigenvalue weighted by molar-refractivity contribution is 0.0658. The molecule has 1 saturated heterocycles. The van der Waals surface area contributed by atoms with Gasteiger partial charge in [0.1, 0.15) is 11.5 Å². The van der Waals surface area contributed by atoms with Gasteiger partial charge in [-0.25, -0.2) is 9.97 Å². The first-order chi connectivity index (χ1) is 11.7. The van der Waals surface area contributed by atoms with E-state index in [4.69, 9.17) is 0 Å². The van der Waals surface area contributed by atoms with Crippen molar-refractivity contribution >= 4 is 17.4 Å². The number of hydrogen-bond donors (Lipinski definition) is 1. The van der Waals surface area contributed by atoms with Crippen LogP contribution >= 0.6 is 0 Å². The molecule has 1 aliphatic rings. The smallest absolute Gasteiger partial charge is 0.274 e. The van der Waals surface area contributed by atoms with Gasteiger partial charge < -0.3 is 15.1 Å². The van der Waals surface area contributed by atoms with Crippen LogP contribution in [0.1, 0.15) is 23.0 Å². The summed E-state index contributed by atoms with van der Waals surface area (Å²) in [7, 11) is 2.07. The van der Waals surface area contributed by atoms with Gasteiger partial charge in [0.2, 0.25) is 0 Å². The normalized spacial score (nSPS) is 15.3. The molecule has 3 rings (SSSR count). The van der Waals surface area contributed by atoms with Gasteiger partial charge in [-0.3, -0.25) is 4.79 Å². The Kier molecular flexibility index (Phi) is 5.05. The third kappa shape index (κ3) is 3.71. The summed E-state index contributed by atoms with van der Waals surface area (Å²) < 4.78 is 0. The molecule has 0 aliphatic carbocycles. The van der Waals surface area contributed by atoms with Crippen molar-refractivity contribution in [2.75, 3.05) is 38.5 Å². The molecule has 1 N–H and O–H groups in total. The monoisotopic (exact) mass is 325 g/mol. The maximum absolute atomic E-state index is 12.5. The number of benzene rings is 1. The number of nitrogens with zero attached hydrogens (tertiary/aromatic N) is 4. The second-order valence-corrected chi connectivity index (χ2v) is 6.02. The van der Waals surface area contributed by atoms with Gasteiger partial charge in [-0.1, -0.05) is 25.1 Å². The summed E-state index contributed by atoms with van der Waals surface area (Å²) in [6.07, 6.45) is 4.11. The third-order valence-corrected chi connectivity index (χ3v) is 4.32. The summed E-state index contributed by atoms with van der Waals surface area (Å²) >= 11 is 0. The van der Waals surface area contributed by atoms with E-state index in [9.17, 15) is 4.79 Å². The van der Waals surface area contributed by atoms with Gasteiger partial charge in [-0.15, -0.1) is 0 Å². The van der Waals surface area contributed by atoms with E-state index in [1.165, 1.54) is 5.56 Å². The lowest BCUT2D eigenvalue weighted by Crippen LogP contribution is -2.47. The SMILES string of the molecule is CCc1ccccc1Nc1cnc(C(=O)N2CCN(C)CC2)cn1. The van der Waals surface area contributed by atoms with Gasteiger partial charge in [0.05, 0.1) is 12.4 Å². The molecule has 1 aliphatic heterocycles. The number of nitrogens with one attached hydrogen (secondary N) is 1. The Bertz CT molecular complexity index is 693. The first-order valence-corrected chi connectivity index (χ1v) is 8.32. The minimum atomic E-state index is -0.0453. The zero-order valence-corrected chi connectivity index (χ0v) is 14.2. The van der Waals surface area contributed by atoms with Gasteiger partial charge in [-0.2, -0.15) is 0 Å². The molecule has 0 spiro atoms. The molecule has 0 bridgehead atoms. The second kappa shape index (κ2) is 7.40. The highest BCUT2D eigenvalue weighted by molar-refractivity contribution is 5.92. The van der Waals surface area contributed by atoms with Crippen LogP contribution in [0.3, 0.4) is 0 Å². The predicted molar refractivity (Wildman–Crippen MR) is 94.5 cm³/mol. The van der Waals surface area contributed by atoms with E-state index in [-0.39, 0.29) is 5.91 Å². The maximum Gasteiger partial charge on any atom is 0.274 e. The number of hydrogen-bond acceptors (Lipinski definition) is 5. The van der Waals surface area contributed by atoms with E-state index < -0.39 is 0 Å². The predicted octanol–water partition coefficient (Wildman–Crippen LogP) is 2.17. The molecule has 24 heavy (non-hydrogen) atoms. The average molecular weight is 325 g/mol. The summed E-state index contributed by atoms with van der Waals surface area (Å²) in [5.41, 5.74) is 2.64. The van der Waals surface area contributed by atoms with Gasteiger partial charge in [0.25, 0.3) is 5.91 Å². The van der Waals surface area contributed by atoms with Crippen LogP contribution in [0.4, 0.5) is 11.5 Å². The van der Waals surface area contributed by atoms with Crippen molar-refractivity contribution in [3.63, 3.8) is 0 Å². The topological polar surface area (TPSA) is 61.4 Å². The number of likely N-dealkylation sites (N-methyl/N-ethyl adjacent to an activating group) is 1. The van der Waals surface area contributed by atoms with Crippen LogP contribution in [0.2, 0.25) is 0 Å². The van der Waals surface area contributed by atoms with Gasteiger partial charge in [0, 0.05) is 31.9 Å². The Morgan fingerprint density at radius 3 is 2.54 bits per heavy atom. The quantitative estimate of drug-likeness (QED) is 0.933. The Hall–Kier alpha value is -2.47. The second-order valence-electron chi connectivity index (χ2n) is 6.02. The van der Waals surface area contributed by atoms with E-state index in [0.717, 1.165) is 38.3 Å². The van der Waals surface area contributed by atoms with E-state index in [2.05, 4.69) is 40.2 Å². The van der Waals surface area contributed by atoms with Crippen molar-refractivity contribution in [1.82, 2.24) is 19.8 Å². The maximum atomic E-state index is 12.5. The van der Waals surface area contributed by atoms with Crippen LogP contribution in [0, 0.1) is 0 Å². The fraction of sp³-hybridized carbons (Fsp3) is 0.389. The highest BCUT2D eigenvalue weighted by Gasteiger charge is 2.21. The molecule has 2 aromatic rings. The molecule has 0 atom stereocenters. The minimum Gasteiger partial charge on any atom is -0.339 e. The molecule has 0 unspecified atom stereocenters. The largest absolute Gasteiger partial charge is 0.339 e. The summed E-state index contributed by atoms with van der Waals surface area (Å²) in [6.45, 7) is 5.38. The molecule has 1 aromatic carbocycles. The third-order valence-electron chi connectivity index (χ3n) is 4.32. The molecule has 1 fully saturated rings. The summed E-state index contributed by atoms with van der Waals surface area (Å²) in [6, 6.07) is 8.11. The molecule has 126 valence electrons. The number of aryl methyl sites for hydroxylation is 1. The van der Waals surface area contributed by atoms with Crippen molar-refractivity contribution in [3.05, 3.63) is 47.9 Å². The first-order valence-electron chi connectivity index (χ1n) is 8.32. The summed E-state index contributed by atoms with van der Waals surface area (Å²) in [4.78, 5) is 25.2. The molecule has 0 saturated carbocycles. The van der Waals surface area contributed by atoms with Crippen molar-refractivity contribution in [1.29, 1.82) is 0 Å². The molecule has 1 aromatic heterocycles. The average Bonchev–Trinajstić information content (AvgIpc) is 2.63. The van der Waals surface area contributed by atoms with Crippen LogP contribution < -0.4 is 5.32 Å². The number of aromatic nitrogens is 2. The van der Waals surface area contributed by atoms with E-state index in [0.29, 0.717) is 11.5 Å². The standard InChI is InChI=1S/C18H23N5O/c1-3-14-6-4-5-7-15(14)21-17-13-19-16(12-20-17)18(24)23-10-8-22(2)9-11-23/h4-7,12-13H,3,8-11H2,1-2H3,(H,20,21). The molecule has 0 radical (unpaired) electrons. The van der Waals surface area contributed by atoms with Crippen molar-refractivity contribution in [3.8, 4) is 0 Å². The zero-order chi connectivity index (χ0) is 16.9. The number of piperazine rings is 1. The van der Waals surface area contributed by atoms with Crippen molar-refractivity contribution < 1.29 is 4.79 Å². The fourth-order valence-corrected chi connectivity index (χ4v) is 2.76. The van der Waals surface area contributed by atoms with Crippen molar-refractivity contribution in [2.24, 2.45) is 0 Å². The van der Waals surface area contributed by atoms with Crippen LogP contribution in [0.15, 0.2) is 36.7 Å². The Labute approximate surface area is 142 Å². The van der Waals surface area contributed by atoms with Crippen LogP contribution in [-0.2, 0) is 6.42 Å². The zero-order valence-electron chi connectivity index (χ0n) is 14.2. The number of anilines is 2. The molecular weight excluding hydrogens is 302 g/mol. The number of para-hydroxylation sites is 1. The van der Waals surface area contributed by atoms with Gasteiger partial charge in [0.15, 0.2) is 0 Å². The minimum absolute atomic E-state index is 0.0453. The highest BCUT2D eigenvalue weighted by Crippen LogP contribution is 2.19. The van der Waals surface area contributed by atoms with E-state index in [1.807, 2.05) is 23.1 Å². The van der Waals surface area contributed by atoms with Crippen LogP contribution in [-0.4, -0.2) is 58.9 Å². The summed E-state index contributed by atoms with van der Waals surface area (Å²) in [5, 5.41) is 3.27. The Morgan fingerprint density at radius 2 is 1.88 bits per heavy atom. The molecule has 6 nitrogen and oxygen atoms in total. The van der Waals surface area contributed by atoms with Gasteiger partial charge >= 0.3 is 0 Å². The Morgan fingerprint density at radius 1 is 1.12 bits per heavy atom. The lowest BCUT2D eigenvalue weighted by atomic mass is 10.1. The van der Waals surface area contributed by atoms with Crippen molar-refractivity contribution in [2.45, 2.75) is 13.3 Å². The number of carbonyl (C=O) groups excluding carboxylic acids is 1. The number of rotatable bonds is 4. The molecule has 6 heteroatoms. The summed E-state index contributed by atoms with van der Waals surface area (Å²) in [5.74, 6) is 0.599. The first kappa shape index (κ1) is 16.4. The van der Waals surface area contributed by atoms with E-state index >= 15 is 0 Å². The Balaban J connectivity index is 1.68. The molecular formula is C18H23N5O. The fourth-order valence-electron chi connectivity index (χ4n) is 2.76. The molecule has 2 heterocycles. The van der Waals surface area contributed by atoms with Crippen LogP contribution in [0.5, 0.6) is 0 Å². The number of amides is 1. The molecule has 1 amide bonds.